The third kappa shape index (κ3) is 9.13. The Morgan fingerprint density at radius 1 is 0.922 bits per heavy atom. The molecular weight excluding hydrogens is 653 g/mol. The van der Waals surface area contributed by atoms with E-state index < -0.39 is 12.2 Å². The molecule has 272 valence electrons. The van der Waals surface area contributed by atoms with Crippen molar-refractivity contribution in [3.8, 4) is 5.75 Å². The van der Waals surface area contributed by atoms with Gasteiger partial charge in [-0.2, -0.15) is 0 Å². The van der Waals surface area contributed by atoms with E-state index >= 15 is 0 Å². The summed E-state index contributed by atoms with van der Waals surface area (Å²) >= 11 is 0. The second-order valence-corrected chi connectivity index (χ2v) is 13.8. The van der Waals surface area contributed by atoms with Crippen LogP contribution < -0.4 is 16.3 Å². The number of likely N-dealkylation sites (tertiary alicyclic amines) is 2. The highest BCUT2D eigenvalue weighted by atomic mass is 16.6. The van der Waals surface area contributed by atoms with Gasteiger partial charge in [0.15, 0.2) is 6.10 Å². The van der Waals surface area contributed by atoms with E-state index in [1.807, 2.05) is 29.2 Å². The van der Waals surface area contributed by atoms with Crippen LogP contribution in [-0.4, -0.2) is 152 Å². The maximum absolute atomic E-state index is 14.0. The van der Waals surface area contributed by atoms with Crippen LogP contribution in [0.15, 0.2) is 42.5 Å². The largest absolute Gasteiger partial charge is 0.509 e. The first-order valence-corrected chi connectivity index (χ1v) is 17.9. The molecule has 3 saturated heterocycles. The minimum absolute atomic E-state index is 0.0137. The number of piperidine rings is 2. The number of nitrogens with zero attached hydrogens (tertiary/aromatic N) is 5. The monoisotopic (exact) mass is 701 g/mol. The summed E-state index contributed by atoms with van der Waals surface area (Å²) in [5.41, 5.74) is 5.17. The molecule has 0 aromatic heterocycles. The molecule has 0 spiro atoms. The summed E-state index contributed by atoms with van der Waals surface area (Å²) in [6.45, 7) is 6.03. The number of anilines is 1. The number of piperazine rings is 1. The fourth-order valence-corrected chi connectivity index (χ4v) is 7.71. The van der Waals surface area contributed by atoms with Crippen molar-refractivity contribution < 1.29 is 33.9 Å². The van der Waals surface area contributed by atoms with E-state index in [1.165, 1.54) is 13.2 Å². The Morgan fingerprint density at radius 3 is 2.31 bits per heavy atom. The molecule has 0 saturated carbocycles. The van der Waals surface area contributed by atoms with Gasteiger partial charge in [0.1, 0.15) is 13.6 Å². The molecule has 4 aliphatic rings. The lowest BCUT2D eigenvalue weighted by Crippen LogP contribution is -2.56. The molecule has 2 aromatic rings. The molecule has 14 nitrogen and oxygen atoms in total. The van der Waals surface area contributed by atoms with E-state index in [-0.39, 0.29) is 41.5 Å². The number of carbonyl (C=O) groups is 4. The number of ether oxygens (including phenoxy) is 1. The summed E-state index contributed by atoms with van der Waals surface area (Å²) < 4.78 is 5.99. The van der Waals surface area contributed by atoms with Gasteiger partial charge >= 0.3 is 12.1 Å². The van der Waals surface area contributed by atoms with Crippen LogP contribution in [0, 0.1) is 0 Å². The van der Waals surface area contributed by atoms with Gasteiger partial charge in [0, 0.05) is 83.1 Å². The van der Waals surface area contributed by atoms with Gasteiger partial charge in [-0.05, 0) is 55.4 Å². The average Bonchev–Trinajstić information content (AvgIpc) is 3.31. The fourth-order valence-electron chi connectivity index (χ4n) is 7.71. The SMILES string of the molecule is [B]c1cc(C[C@@H](OC(=O)N2CCC(N3CCc4ccccc4NC3=O)CC2)C(=O)N2CCC(N3CCN(CC(=O)NOC)CC3)CC2)ccc1O. The van der Waals surface area contributed by atoms with E-state index in [0.29, 0.717) is 63.7 Å². The number of amides is 5. The summed E-state index contributed by atoms with van der Waals surface area (Å²) in [4.78, 5) is 67.1. The maximum atomic E-state index is 14.0. The zero-order chi connectivity index (χ0) is 35.9. The number of benzene rings is 2. The zero-order valence-electron chi connectivity index (χ0n) is 29.3. The molecule has 6 rings (SSSR count). The molecule has 2 aromatic carbocycles. The van der Waals surface area contributed by atoms with E-state index in [0.717, 1.165) is 56.7 Å². The Kier molecular flexibility index (Phi) is 12.0. The van der Waals surface area contributed by atoms with Crippen molar-refractivity contribution in [2.24, 2.45) is 0 Å². The Bertz CT molecular complexity index is 1560. The van der Waals surface area contributed by atoms with Gasteiger partial charge in [0.25, 0.3) is 11.8 Å². The van der Waals surface area contributed by atoms with Gasteiger partial charge in [0.05, 0.1) is 13.7 Å². The predicted molar refractivity (Wildman–Crippen MR) is 191 cm³/mol. The van der Waals surface area contributed by atoms with E-state index in [2.05, 4.69) is 20.6 Å². The number of hydrogen-bond donors (Lipinski definition) is 3. The standard InChI is InChI=1S/C36H48BN7O7/c1-50-39-33(46)24-40-18-20-41(21-19-40)27-9-13-42(14-10-27)34(47)32(23-25-6-7-31(45)29(37)22-25)51-36(49)43-15-11-28(12-16-43)44-17-8-26-4-2-3-5-30(26)38-35(44)48/h2-7,22,27-28,32,45H,8-21,23-24H2,1H3,(H,38,48)(H,39,46)/t32-/m1/s1. The number of phenols is 1. The minimum atomic E-state index is -1.06. The number of fused-ring (bicyclic) bond motifs is 1. The smallest absolute Gasteiger partial charge is 0.410 e. The zero-order valence-corrected chi connectivity index (χ0v) is 29.3. The van der Waals surface area contributed by atoms with Crippen molar-refractivity contribution >= 4 is 42.9 Å². The Morgan fingerprint density at radius 2 is 1.61 bits per heavy atom. The van der Waals surface area contributed by atoms with Crippen LogP contribution in [0.2, 0.25) is 0 Å². The minimum Gasteiger partial charge on any atom is -0.509 e. The van der Waals surface area contributed by atoms with Gasteiger partial charge in [-0.1, -0.05) is 35.8 Å². The number of carbonyl (C=O) groups excluding carboxylic acids is 4. The molecule has 4 aliphatic heterocycles. The maximum Gasteiger partial charge on any atom is 0.410 e. The van der Waals surface area contributed by atoms with Crippen molar-refractivity contribution in [1.82, 2.24) is 30.0 Å². The van der Waals surface area contributed by atoms with Gasteiger partial charge in [0.2, 0.25) is 0 Å². The lowest BCUT2D eigenvalue weighted by Gasteiger charge is -2.43. The van der Waals surface area contributed by atoms with Gasteiger partial charge < -0.3 is 29.9 Å². The van der Waals surface area contributed by atoms with Gasteiger partial charge in [-0.3, -0.25) is 24.2 Å². The lowest BCUT2D eigenvalue weighted by atomic mass is 9.91. The van der Waals surface area contributed by atoms with Crippen molar-refractivity contribution in [3.05, 3.63) is 53.6 Å². The van der Waals surface area contributed by atoms with Gasteiger partial charge in [-0.25, -0.2) is 15.1 Å². The Hall–Kier alpha value is -4.34. The Labute approximate surface area is 300 Å². The Balaban J connectivity index is 1.03. The number of para-hydroxylation sites is 1. The van der Waals surface area contributed by atoms with E-state index in [9.17, 15) is 24.3 Å². The molecule has 2 radical (unpaired) electrons. The fraction of sp³-hybridized carbons (Fsp3) is 0.556. The summed E-state index contributed by atoms with van der Waals surface area (Å²) in [6.07, 6.45) is 2.06. The number of aromatic hydroxyl groups is 1. The molecule has 5 amide bonds. The number of hydroxylamine groups is 1. The number of rotatable bonds is 9. The molecule has 3 N–H and O–H groups in total. The molecular formula is C36H48BN7O7. The highest BCUT2D eigenvalue weighted by molar-refractivity contribution is 6.34. The normalized spacial score (nSPS) is 20.3. The van der Waals surface area contributed by atoms with Crippen LogP contribution in [0.5, 0.6) is 5.75 Å². The topological polar surface area (TPSA) is 147 Å². The molecule has 3 fully saturated rings. The van der Waals surface area contributed by atoms with Crippen LogP contribution in [-0.2, 0) is 32.0 Å². The summed E-state index contributed by atoms with van der Waals surface area (Å²) in [7, 11) is 7.38. The summed E-state index contributed by atoms with van der Waals surface area (Å²) in [6, 6.07) is 12.8. The highest BCUT2D eigenvalue weighted by Gasteiger charge is 2.36. The van der Waals surface area contributed by atoms with Crippen LogP contribution in [0.3, 0.4) is 0 Å². The van der Waals surface area contributed by atoms with Gasteiger partial charge in [-0.15, -0.1) is 0 Å². The highest BCUT2D eigenvalue weighted by Crippen LogP contribution is 2.26. The molecule has 4 heterocycles. The van der Waals surface area contributed by atoms with E-state index in [4.69, 9.17) is 17.4 Å². The van der Waals surface area contributed by atoms with Crippen LogP contribution in [0.4, 0.5) is 15.3 Å². The second kappa shape index (κ2) is 16.8. The predicted octanol–water partition coefficient (Wildman–Crippen LogP) is 1.07. The number of hydrogen-bond acceptors (Lipinski definition) is 9. The second-order valence-electron chi connectivity index (χ2n) is 13.8. The summed E-state index contributed by atoms with van der Waals surface area (Å²) in [5, 5.41) is 13.0. The number of nitrogens with one attached hydrogen (secondary N) is 2. The lowest BCUT2D eigenvalue weighted by molar-refractivity contribution is -0.142. The van der Waals surface area contributed by atoms with Crippen molar-refractivity contribution in [1.29, 1.82) is 0 Å². The number of phenolic OH excluding ortho intramolecular Hbond substituents is 1. The molecule has 51 heavy (non-hydrogen) atoms. The molecule has 0 bridgehead atoms. The molecule has 0 aliphatic carbocycles. The molecule has 15 heteroatoms. The molecule has 0 unspecified atom stereocenters. The average molecular weight is 702 g/mol. The van der Waals surface area contributed by atoms with Crippen LogP contribution in [0.25, 0.3) is 0 Å². The third-order valence-electron chi connectivity index (χ3n) is 10.6. The van der Waals surface area contributed by atoms with Crippen molar-refractivity contribution in [2.75, 3.05) is 77.9 Å². The van der Waals surface area contributed by atoms with Crippen LogP contribution >= 0.6 is 0 Å². The first kappa shape index (κ1) is 36.5. The molecule has 1 atom stereocenters. The van der Waals surface area contributed by atoms with Crippen LogP contribution in [0.1, 0.15) is 36.8 Å². The summed E-state index contributed by atoms with van der Waals surface area (Å²) in [5.74, 6) is -0.469. The number of urea groups is 1. The van der Waals surface area contributed by atoms with Crippen molar-refractivity contribution in [2.45, 2.75) is 56.7 Å². The first-order valence-electron chi connectivity index (χ1n) is 17.9. The third-order valence-corrected chi connectivity index (χ3v) is 10.6. The quantitative estimate of drug-likeness (QED) is 0.258. The van der Waals surface area contributed by atoms with Crippen molar-refractivity contribution in [3.63, 3.8) is 0 Å². The van der Waals surface area contributed by atoms with E-state index in [1.54, 1.807) is 21.9 Å². The first-order chi connectivity index (χ1) is 24.7.